The van der Waals surface area contributed by atoms with Gasteiger partial charge in [0.05, 0.1) is 17.2 Å². The van der Waals surface area contributed by atoms with Crippen LogP contribution in [0.2, 0.25) is 5.02 Å². The Bertz CT molecular complexity index is 1240. The van der Waals surface area contributed by atoms with Crippen LogP contribution in [-0.2, 0) is 16.1 Å². The lowest BCUT2D eigenvalue weighted by atomic mass is 10.1. The fourth-order valence-electron chi connectivity index (χ4n) is 4.01. The number of anilines is 2. The molecule has 1 heterocycles. The normalized spacial score (nSPS) is 15.3. The van der Waals surface area contributed by atoms with Gasteiger partial charge in [-0.15, -0.1) is 0 Å². The van der Waals surface area contributed by atoms with Crippen molar-refractivity contribution in [2.75, 3.05) is 16.8 Å². The number of carbonyl (C=O) groups excluding carboxylic acids is 3. The maximum absolute atomic E-state index is 13.0. The second kappa shape index (κ2) is 10.1. The summed E-state index contributed by atoms with van der Waals surface area (Å²) in [7, 11) is 0. The number of rotatable bonds is 6. The number of para-hydroxylation sites is 1. The molecule has 174 valence electrons. The average Bonchev–Trinajstić information content (AvgIpc) is 3.22. The van der Waals surface area contributed by atoms with E-state index in [0.717, 1.165) is 16.7 Å². The first-order valence-electron chi connectivity index (χ1n) is 11.1. The minimum atomic E-state index is -0.533. The van der Waals surface area contributed by atoms with Crippen LogP contribution in [0.5, 0.6) is 0 Å². The van der Waals surface area contributed by atoms with Crippen LogP contribution in [0.25, 0.3) is 0 Å². The molecule has 7 heteroatoms. The Labute approximate surface area is 203 Å². The van der Waals surface area contributed by atoms with Gasteiger partial charge < -0.3 is 15.5 Å². The molecule has 2 N–H and O–H groups in total. The zero-order valence-corrected chi connectivity index (χ0v) is 19.9. The minimum Gasteiger partial charge on any atom is -0.348 e. The zero-order chi connectivity index (χ0) is 24.2. The van der Waals surface area contributed by atoms with Crippen molar-refractivity contribution in [2.24, 2.45) is 5.92 Å². The molecule has 0 spiro atoms. The molecule has 6 nitrogen and oxygen atoms in total. The van der Waals surface area contributed by atoms with Crippen molar-refractivity contribution in [3.63, 3.8) is 0 Å². The highest BCUT2D eigenvalue weighted by atomic mass is 35.5. The third-order valence-electron chi connectivity index (χ3n) is 6.03. The average molecular weight is 476 g/mol. The second-order valence-electron chi connectivity index (χ2n) is 8.49. The number of aryl methyl sites for hydroxylation is 1. The Morgan fingerprint density at radius 1 is 1.00 bits per heavy atom. The molecule has 1 aliphatic rings. The Balaban J connectivity index is 1.43. The molecular formula is C27H26ClN3O3. The molecule has 0 unspecified atom stereocenters. The van der Waals surface area contributed by atoms with Crippen LogP contribution in [-0.4, -0.2) is 24.3 Å². The summed E-state index contributed by atoms with van der Waals surface area (Å²) in [5.74, 6) is -1.24. The SMILES string of the molecule is Cc1ccc(CNC(=O)c2ccccc2NC(=O)[C@@H]2CC(=O)N(c3cccc(Cl)c3C)C2)cc1. The number of carbonyl (C=O) groups is 3. The van der Waals surface area contributed by atoms with Crippen molar-refractivity contribution in [3.8, 4) is 0 Å². The first-order chi connectivity index (χ1) is 16.3. The molecule has 1 atom stereocenters. The largest absolute Gasteiger partial charge is 0.348 e. The summed E-state index contributed by atoms with van der Waals surface area (Å²) >= 11 is 6.21. The summed E-state index contributed by atoms with van der Waals surface area (Å²) in [6.45, 7) is 4.50. The molecule has 3 aromatic carbocycles. The highest BCUT2D eigenvalue weighted by molar-refractivity contribution is 6.31. The van der Waals surface area contributed by atoms with Gasteiger partial charge in [-0.2, -0.15) is 0 Å². The summed E-state index contributed by atoms with van der Waals surface area (Å²) in [6.07, 6.45) is 0.0968. The van der Waals surface area contributed by atoms with Crippen molar-refractivity contribution < 1.29 is 14.4 Å². The van der Waals surface area contributed by atoms with Gasteiger partial charge in [-0.1, -0.05) is 59.6 Å². The molecule has 0 aliphatic carbocycles. The number of nitrogens with zero attached hydrogens (tertiary/aromatic N) is 1. The van der Waals surface area contributed by atoms with Gasteiger partial charge in [-0.3, -0.25) is 14.4 Å². The van der Waals surface area contributed by atoms with Crippen molar-refractivity contribution in [1.29, 1.82) is 0 Å². The van der Waals surface area contributed by atoms with E-state index in [9.17, 15) is 14.4 Å². The lowest BCUT2D eigenvalue weighted by molar-refractivity contribution is -0.122. The molecule has 4 rings (SSSR count). The van der Waals surface area contributed by atoms with E-state index in [0.29, 0.717) is 28.5 Å². The highest BCUT2D eigenvalue weighted by Crippen LogP contribution is 2.32. The monoisotopic (exact) mass is 475 g/mol. The number of nitrogens with one attached hydrogen (secondary N) is 2. The summed E-state index contributed by atoms with van der Waals surface area (Å²) < 4.78 is 0. The van der Waals surface area contributed by atoms with Gasteiger partial charge in [-0.25, -0.2) is 0 Å². The van der Waals surface area contributed by atoms with E-state index in [1.165, 1.54) is 0 Å². The molecule has 0 bridgehead atoms. The van der Waals surface area contributed by atoms with Gasteiger partial charge >= 0.3 is 0 Å². The van der Waals surface area contributed by atoms with Crippen molar-refractivity contribution >= 4 is 40.7 Å². The Morgan fingerprint density at radius 3 is 2.50 bits per heavy atom. The van der Waals surface area contributed by atoms with Gasteiger partial charge in [0.15, 0.2) is 0 Å². The fourth-order valence-corrected chi connectivity index (χ4v) is 4.18. The number of halogens is 1. The molecule has 1 fully saturated rings. The van der Waals surface area contributed by atoms with E-state index in [1.807, 2.05) is 44.2 Å². The molecule has 0 saturated carbocycles. The number of amides is 3. The Hall–Kier alpha value is -3.64. The predicted molar refractivity (Wildman–Crippen MR) is 134 cm³/mol. The molecule has 0 aromatic heterocycles. The van der Waals surface area contributed by atoms with Crippen LogP contribution in [0.1, 0.15) is 33.5 Å². The van der Waals surface area contributed by atoms with E-state index >= 15 is 0 Å². The molecular weight excluding hydrogens is 450 g/mol. The first-order valence-corrected chi connectivity index (χ1v) is 11.5. The van der Waals surface area contributed by atoms with Crippen LogP contribution >= 0.6 is 11.6 Å². The number of hydrogen-bond donors (Lipinski definition) is 2. The van der Waals surface area contributed by atoms with Crippen molar-refractivity contribution in [2.45, 2.75) is 26.8 Å². The van der Waals surface area contributed by atoms with Crippen LogP contribution in [0.15, 0.2) is 66.7 Å². The quantitative estimate of drug-likeness (QED) is 0.533. The highest BCUT2D eigenvalue weighted by Gasteiger charge is 2.36. The maximum atomic E-state index is 13.0. The molecule has 1 saturated heterocycles. The van der Waals surface area contributed by atoms with Gasteiger partial charge in [-0.05, 0) is 49.2 Å². The topological polar surface area (TPSA) is 78.5 Å². The van der Waals surface area contributed by atoms with E-state index < -0.39 is 5.92 Å². The molecule has 34 heavy (non-hydrogen) atoms. The van der Waals surface area contributed by atoms with Crippen LogP contribution in [0, 0.1) is 19.8 Å². The maximum Gasteiger partial charge on any atom is 0.253 e. The number of benzene rings is 3. The van der Waals surface area contributed by atoms with E-state index in [-0.39, 0.29) is 30.7 Å². The van der Waals surface area contributed by atoms with Crippen molar-refractivity contribution in [3.05, 3.63) is 94.0 Å². The molecule has 0 radical (unpaired) electrons. The molecule has 1 aliphatic heterocycles. The van der Waals surface area contributed by atoms with E-state index in [4.69, 9.17) is 11.6 Å². The van der Waals surface area contributed by atoms with Gasteiger partial charge in [0.1, 0.15) is 0 Å². The smallest absolute Gasteiger partial charge is 0.253 e. The first kappa shape index (κ1) is 23.5. The fraction of sp³-hybridized carbons (Fsp3) is 0.222. The second-order valence-corrected chi connectivity index (χ2v) is 8.90. The van der Waals surface area contributed by atoms with Gasteiger partial charge in [0.25, 0.3) is 5.91 Å². The summed E-state index contributed by atoms with van der Waals surface area (Å²) in [4.78, 5) is 40.1. The Morgan fingerprint density at radius 2 is 1.74 bits per heavy atom. The summed E-state index contributed by atoms with van der Waals surface area (Å²) in [6, 6.07) is 20.2. The number of hydrogen-bond acceptors (Lipinski definition) is 3. The summed E-state index contributed by atoms with van der Waals surface area (Å²) in [5.41, 5.74) is 4.44. The van der Waals surface area contributed by atoms with Gasteiger partial charge in [0, 0.05) is 30.2 Å². The predicted octanol–water partition coefficient (Wildman–Crippen LogP) is 4.88. The minimum absolute atomic E-state index is 0.0968. The van der Waals surface area contributed by atoms with Crippen LogP contribution < -0.4 is 15.5 Å². The lowest BCUT2D eigenvalue weighted by Gasteiger charge is -2.20. The third-order valence-corrected chi connectivity index (χ3v) is 6.44. The summed E-state index contributed by atoms with van der Waals surface area (Å²) in [5, 5.41) is 6.33. The Kier molecular flexibility index (Phi) is 6.98. The van der Waals surface area contributed by atoms with E-state index in [2.05, 4.69) is 10.6 Å². The van der Waals surface area contributed by atoms with Gasteiger partial charge in [0.2, 0.25) is 11.8 Å². The molecule has 3 aromatic rings. The lowest BCUT2D eigenvalue weighted by Crippen LogP contribution is -2.29. The van der Waals surface area contributed by atoms with Crippen LogP contribution in [0.4, 0.5) is 11.4 Å². The van der Waals surface area contributed by atoms with Crippen molar-refractivity contribution in [1.82, 2.24) is 5.32 Å². The standard InChI is InChI=1S/C27H26ClN3O3/c1-17-10-12-19(13-11-17)15-29-27(34)21-6-3-4-8-23(21)30-26(33)20-14-25(32)31(16-20)24-9-5-7-22(28)18(24)2/h3-13,20H,14-16H2,1-2H3,(H,29,34)(H,30,33)/t20-/m1/s1. The molecule has 3 amide bonds. The third kappa shape index (κ3) is 5.13. The zero-order valence-electron chi connectivity index (χ0n) is 19.1. The van der Waals surface area contributed by atoms with E-state index in [1.54, 1.807) is 41.3 Å². The van der Waals surface area contributed by atoms with Crippen LogP contribution in [0.3, 0.4) is 0 Å².